The van der Waals surface area contributed by atoms with Gasteiger partial charge in [0.2, 0.25) is 0 Å². The van der Waals surface area contributed by atoms with Crippen LogP contribution >= 0.6 is 0 Å². The lowest BCUT2D eigenvalue weighted by atomic mass is 10.3. The van der Waals surface area contributed by atoms with Crippen molar-refractivity contribution in [3.05, 3.63) is 30.4 Å². The molecule has 1 N–H and O–H groups in total. The lowest BCUT2D eigenvalue weighted by Gasteiger charge is -2.09. The maximum Gasteiger partial charge on any atom is 0.419 e. The van der Waals surface area contributed by atoms with Gasteiger partial charge in [-0.2, -0.15) is 0 Å². The Morgan fingerprint density at radius 2 is 2.47 bits per heavy atom. The van der Waals surface area contributed by atoms with Crippen LogP contribution in [-0.4, -0.2) is 40.1 Å². The van der Waals surface area contributed by atoms with Crippen LogP contribution in [-0.2, 0) is 9.47 Å². The fourth-order valence-electron chi connectivity index (χ4n) is 1.56. The second-order valence-corrected chi connectivity index (χ2v) is 3.57. The maximum absolute atomic E-state index is 11.4. The molecule has 6 nitrogen and oxygen atoms in total. The molecule has 0 radical (unpaired) electrons. The van der Waals surface area contributed by atoms with E-state index in [-0.39, 0.29) is 18.8 Å². The van der Waals surface area contributed by atoms with Crippen molar-refractivity contribution in [2.75, 3.05) is 13.2 Å². The highest BCUT2D eigenvalue weighted by molar-refractivity contribution is 5.70. The quantitative estimate of drug-likeness (QED) is 0.791. The Bertz CT molecular complexity index is 427. The number of aliphatic hydroxyl groups is 1. The van der Waals surface area contributed by atoms with Gasteiger partial charge in [-0.3, -0.25) is 0 Å². The summed E-state index contributed by atoms with van der Waals surface area (Å²) in [5, 5.41) is 8.92. The molecule has 2 heterocycles. The van der Waals surface area contributed by atoms with Gasteiger partial charge in [-0.25, -0.2) is 14.3 Å². The lowest BCUT2D eigenvalue weighted by molar-refractivity contribution is 0.0235. The molecule has 2 atom stereocenters. The highest BCUT2D eigenvalue weighted by Gasteiger charge is 2.22. The average Bonchev–Trinajstić information content (AvgIpc) is 2.98. The van der Waals surface area contributed by atoms with Crippen molar-refractivity contribution < 1.29 is 19.4 Å². The average molecular weight is 238 g/mol. The van der Waals surface area contributed by atoms with Crippen LogP contribution < -0.4 is 0 Å². The van der Waals surface area contributed by atoms with Gasteiger partial charge >= 0.3 is 6.09 Å². The summed E-state index contributed by atoms with van der Waals surface area (Å²) < 4.78 is 11.6. The zero-order valence-electron chi connectivity index (χ0n) is 9.44. The van der Waals surface area contributed by atoms with Crippen LogP contribution in [0.25, 0.3) is 0 Å². The molecule has 0 fully saturated rings. The van der Waals surface area contributed by atoms with Crippen molar-refractivity contribution in [1.82, 2.24) is 9.55 Å². The standard InChI is InChI=1S/C11H14N2O4/c1-2-16-11(15)13-5-9(12-7-13)10-4-3-8(6-14)17-10/h3-5,7-8,10,14H,2,6H2,1H3/t8-,10-/m0/s1. The first kappa shape index (κ1) is 11.8. The predicted octanol–water partition coefficient (Wildman–Crippen LogP) is 0.876. The van der Waals surface area contributed by atoms with Gasteiger partial charge in [-0.15, -0.1) is 0 Å². The van der Waals surface area contributed by atoms with Gasteiger partial charge in [0.25, 0.3) is 0 Å². The molecule has 0 aliphatic carbocycles. The molecular formula is C11H14N2O4. The number of rotatable bonds is 3. The molecule has 1 aromatic rings. The van der Waals surface area contributed by atoms with E-state index in [2.05, 4.69) is 4.98 Å². The molecule has 17 heavy (non-hydrogen) atoms. The van der Waals surface area contributed by atoms with Crippen LogP contribution in [0.5, 0.6) is 0 Å². The molecule has 0 aromatic carbocycles. The highest BCUT2D eigenvalue weighted by atomic mass is 16.5. The summed E-state index contributed by atoms with van der Waals surface area (Å²) in [7, 11) is 0. The fourth-order valence-corrected chi connectivity index (χ4v) is 1.56. The highest BCUT2D eigenvalue weighted by Crippen LogP contribution is 2.24. The van der Waals surface area contributed by atoms with Crippen LogP contribution in [0.3, 0.4) is 0 Å². The van der Waals surface area contributed by atoms with Gasteiger partial charge in [-0.1, -0.05) is 12.2 Å². The number of aliphatic hydroxyl groups excluding tert-OH is 1. The summed E-state index contributed by atoms with van der Waals surface area (Å²) in [5.74, 6) is 0. The molecule has 6 heteroatoms. The molecule has 0 saturated heterocycles. The molecule has 92 valence electrons. The Hall–Kier alpha value is -1.66. The minimum Gasteiger partial charge on any atom is -0.449 e. The van der Waals surface area contributed by atoms with Gasteiger partial charge in [0.15, 0.2) is 0 Å². The predicted molar refractivity (Wildman–Crippen MR) is 58.5 cm³/mol. The third kappa shape index (κ3) is 2.54. The van der Waals surface area contributed by atoms with Crippen molar-refractivity contribution in [2.24, 2.45) is 0 Å². The van der Waals surface area contributed by atoms with E-state index < -0.39 is 6.09 Å². The van der Waals surface area contributed by atoms with Crippen molar-refractivity contribution in [2.45, 2.75) is 19.1 Å². The molecule has 0 unspecified atom stereocenters. The number of aromatic nitrogens is 2. The molecule has 0 saturated carbocycles. The lowest BCUT2D eigenvalue weighted by Crippen LogP contribution is -2.12. The maximum atomic E-state index is 11.4. The SMILES string of the molecule is CCOC(=O)n1cnc([C@@H]2C=C[C@@H](CO)O2)c1. The first-order valence-corrected chi connectivity index (χ1v) is 5.40. The van der Waals surface area contributed by atoms with Crippen LogP contribution in [0.1, 0.15) is 18.7 Å². The molecular weight excluding hydrogens is 224 g/mol. The largest absolute Gasteiger partial charge is 0.449 e. The first-order chi connectivity index (χ1) is 8.24. The van der Waals surface area contributed by atoms with Gasteiger partial charge in [-0.05, 0) is 6.92 Å². The molecule has 1 aliphatic rings. The zero-order valence-corrected chi connectivity index (χ0v) is 9.44. The van der Waals surface area contributed by atoms with E-state index in [0.29, 0.717) is 12.3 Å². The summed E-state index contributed by atoms with van der Waals surface area (Å²) in [6, 6.07) is 0. The van der Waals surface area contributed by atoms with Crippen molar-refractivity contribution in [3.8, 4) is 0 Å². The number of hydrogen-bond donors (Lipinski definition) is 1. The Kier molecular flexibility index (Phi) is 3.55. The molecule has 0 spiro atoms. The summed E-state index contributed by atoms with van der Waals surface area (Å²) in [6.07, 6.45) is 5.44. The number of carbonyl (C=O) groups is 1. The number of imidazole rings is 1. The summed E-state index contributed by atoms with van der Waals surface area (Å²) in [4.78, 5) is 15.5. The number of carbonyl (C=O) groups excluding carboxylic acids is 1. The first-order valence-electron chi connectivity index (χ1n) is 5.40. The Morgan fingerprint density at radius 3 is 3.12 bits per heavy atom. The summed E-state index contributed by atoms with van der Waals surface area (Å²) in [6.45, 7) is 1.99. The molecule has 0 bridgehead atoms. The van der Waals surface area contributed by atoms with E-state index >= 15 is 0 Å². The minimum atomic E-state index is -0.466. The van der Waals surface area contributed by atoms with Gasteiger partial charge < -0.3 is 14.6 Å². The van der Waals surface area contributed by atoms with Crippen molar-refractivity contribution in [1.29, 1.82) is 0 Å². The minimum absolute atomic E-state index is 0.0639. The Labute approximate surface area is 98.5 Å². The van der Waals surface area contributed by atoms with Crippen LogP contribution in [0, 0.1) is 0 Å². The molecule has 1 aliphatic heterocycles. The topological polar surface area (TPSA) is 73.6 Å². The monoisotopic (exact) mass is 238 g/mol. The van der Waals surface area contributed by atoms with E-state index in [4.69, 9.17) is 14.6 Å². The van der Waals surface area contributed by atoms with Crippen LogP contribution in [0.4, 0.5) is 4.79 Å². The third-order valence-corrected chi connectivity index (χ3v) is 2.37. The Balaban J connectivity index is 2.04. The van der Waals surface area contributed by atoms with E-state index in [0.717, 1.165) is 0 Å². The molecule has 2 rings (SSSR count). The van der Waals surface area contributed by atoms with Crippen LogP contribution in [0.15, 0.2) is 24.7 Å². The zero-order chi connectivity index (χ0) is 12.3. The van der Waals surface area contributed by atoms with Gasteiger partial charge in [0.05, 0.1) is 18.9 Å². The third-order valence-electron chi connectivity index (χ3n) is 2.37. The number of nitrogens with zero attached hydrogens (tertiary/aromatic N) is 2. The Morgan fingerprint density at radius 1 is 1.65 bits per heavy atom. The number of ether oxygens (including phenoxy) is 2. The number of hydrogen-bond acceptors (Lipinski definition) is 5. The van der Waals surface area contributed by atoms with Crippen LogP contribution in [0.2, 0.25) is 0 Å². The van der Waals surface area contributed by atoms with E-state index in [1.165, 1.54) is 10.9 Å². The van der Waals surface area contributed by atoms with E-state index in [1.54, 1.807) is 25.3 Å². The normalized spacial score (nSPS) is 22.9. The van der Waals surface area contributed by atoms with E-state index in [1.807, 2.05) is 0 Å². The molecule has 0 amide bonds. The summed E-state index contributed by atoms with van der Waals surface area (Å²) >= 11 is 0. The summed E-state index contributed by atoms with van der Waals surface area (Å²) in [5.41, 5.74) is 0.616. The second-order valence-electron chi connectivity index (χ2n) is 3.57. The molecule has 1 aromatic heterocycles. The smallest absolute Gasteiger partial charge is 0.419 e. The van der Waals surface area contributed by atoms with Crippen molar-refractivity contribution >= 4 is 6.09 Å². The van der Waals surface area contributed by atoms with Gasteiger partial charge in [0, 0.05) is 6.20 Å². The fraction of sp³-hybridized carbons (Fsp3) is 0.455. The van der Waals surface area contributed by atoms with Crippen molar-refractivity contribution in [3.63, 3.8) is 0 Å². The van der Waals surface area contributed by atoms with Gasteiger partial charge in [0.1, 0.15) is 18.5 Å². The second kappa shape index (κ2) is 5.11. The van der Waals surface area contributed by atoms with E-state index in [9.17, 15) is 4.79 Å².